The number of esters is 1. The van der Waals surface area contributed by atoms with E-state index in [4.69, 9.17) is 10.5 Å². The number of hydrogen-bond donors (Lipinski definition) is 3. The van der Waals surface area contributed by atoms with Gasteiger partial charge >= 0.3 is 11.9 Å². The average molecular weight is 767 g/mol. The number of ether oxygens (including phenoxy) is 1. The number of rotatable bonds is 39. The molecular formula is C48H82N2O5. The van der Waals surface area contributed by atoms with Gasteiger partial charge in [-0.2, -0.15) is 0 Å². The Morgan fingerprint density at radius 1 is 0.564 bits per heavy atom. The highest BCUT2D eigenvalue weighted by atomic mass is 16.5. The largest absolute Gasteiger partial charge is 0.480 e. The van der Waals surface area contributed by atoms with Crippen molar-refractivity contribution >= 4 is 17.8 Å². The zero-order chi connectivity index (χ0) is 40.3. The molecule has 0 fully saturated rings. The van der Waals surface area contributed by atoms with Crippen LogP contribution >= 0.6 is 0 Å². The first kappa shape index (κ1) is 51.8. The van der Waals surface area contributed by atoms with Gasteiger partial charge in [0.25, 0.3) is 0 Å². The molecule has 0 heterocycles. The topological polar surface area (TPSA) is 119 Å². The van der Waals surface area contributed by atoms with Crippen LogP contribution in [0.25, 0.3) is 0 Å². The van der Waals surface area contributed by atoms with Gasteiger partial charge in [0.1, 0.15) is 12.1 Å². The Morgan fingerprint density at radius 3 is 1.62 bits per heavy atom. The van der Waals surface area contributed by atoms with E-state index < -0.39 is 12.0 Å². The van der Waals surface area contributed by atoms with Gasteiger partial charge in [0.15, 0.2) is 0 Å². The third-order valence-electron chi connectivity index (χ3n) is 9.49. The molecule has 0 aliphatic carbocycles. The van der Waals surface area contributed by atoms with Gasteiger partial charge in [-0.25, -0.2) is 4.79 Å². The van der Waals surface area contributed by atoms with E-state index in [1.54, 1.807) is 0 Å². The second-order valence-corrected chi connectivity index (χ2v) is 14.7. The van der Waals surface area contributed by atoms with E-state index in [1.807, 2.05) is 0 Å². The predicted molar refractivity (Wildman–Crippen MR) is 234 cm³/mol. The second kappa shape index (κ2) is 42.0. The zero-order valence-corrected chi connectivity index (χ0v) is 35.2. The summed E-state index contributed by atoms with van der Waals surface area (Å²) in [6.07, 6.45) is 53.9. The quantitative estimate of drug-likeness (QED) is 0.0326. The first-order valence-electron chi connectivity index (χ1n) is 22.3. The molecule has 0 aliphatic rings. The molecule has 0 aromatic carbocycles. The number of carbonyl (C=O) groups excluding carboxylic acids is 2. The molecule has 4 N–H and O–H groups in total. The highest BCUT2D eigenvalue weighted by Gasteiger charge is 2.19. The van der Waals surface area contributed by atoms with Crippen LogP contribution in [0, 0.1) is 0 Å². The Labute approximate surface area is 337 Å². The first-order valence-corrected chi connectivity index (χ1v) is 22.3. The molecule has 7 heteroatoms. The van der Waals surface area contributed by atoms with E-state index >= 15 is 0 Å². The van der Waals surface area contributed by atoms with Crippen LogP contribution in [0.5, 0.6) is 0 Å². The molecule has 55 heavy (non-hydrogen) atoms. The van der Waals surface area contributed by atoms with Crippen molar-refractivity contribution in [3.8, 4) is 0 Å². The number of hydrogen-bond acceptors (Lipinski definition) is 5. The van der Waals surface area contributed by atoms with E-state index in [-0.39, 0.29) is 18.0 Å². The fraction of sp³-hybridized carbons (Fsp3) is 0.688. The fourth-order valence-corrected chi connectivity index (χ4v) is 6.15. The summed E-state index contributed by atoms with van der Waals surface area (Å²) in [5.74, 6) is -1.35. The average Bonchev–Trinajstić information content (AvgIpc) is 3.17. The summed E-state index contributed by atoms with van der Waals surface area (Å²) >= 11 is 0. The molecule has 0 aromatic rings. The van der Waals surface area contributed by atoms with Crippen molar-refractivity contribution in [1.82, 2.24) is 5.32 Å². The van der Waals surface area contributed by atoms with E-state index in [9.17, 15) is 19.5 Å². The number of carbonyl (C=O) groups is 3. The molecule has 0 radical (unpaired) electrons. The Balaban J connectivity index is 4.31. The maximum atomic E-state index is 12.8. The van der Waals surface area contributed by atoms with Crippen LogP contribution in [0.3, 0.4) is 0 Å². The highest BCUT2D eigenvalue weighted by molar-refractivity contribution is 5.83. The van der Waals surface area contributed by atoms with Gasteiger partial charge in [-0.3, -0.25) is 9.59 Å². The van der Waals surface area contributed by atoms with Crippen LogP contribution in [0.1, 0.15) is 194 Å². The van der Waals surface area contributed by atoms with Crippen molar-refractivity contribution < 1.29 is 24.2 Å². The van der Waals surface area contributed by atoms with Gasteiger partial charge in [-0.05, 0) is 109 Å². The summed E-state index contributed by atoms with van der Waals surface area (Å²) in [4.78, 5) is 36.4. The molecular weight excluding hydrogens is 685 g/mol. The van der Waals surface area contributed by atoms with Crippen molar-refractivity contribution in [2.75, 3.05) is 6.54 Å². The number of nitrogens with two attached hydrogens (primary N) is 1. The molecule has 0 saturated carbocycles. The molecule has 2 unspecified atom stereocenters. The summed E-state index contributed by atoms with van der Waals surface area (Å²) in [6, 6.07) is -0.875. The van der Waals surface area contributed by atoms with Crippen molar-refractivity contribution in [3.63, 3.8) is 0 Å². The summed E-state index contributed by atoms with van der Waals surface area (Å²) in [7, 11) is 0. The van der Waals surface area contributed by atoms with Gasteiger partial charge in [-0.15, -0.1) is 0 Å². The van der Waals surface area contributed by atoms with Crippen molar-refractivity contribution in [2.24, 2.45) is 5.73 Å². The minimum atomic E-state index is -1.02. The molecule has 314 valence electrons. The van der Waals surface area contributed by atoms with Gasteiger partial charge in [0.2, 0.25) is 5.91 Å². The number of amides is 1. The lowest BCUT2D eigenvalue weighted by molar-refractivity contribution is -0.147. The molecule has 0 aromatic heterocycles. The summed E-state index contributed by atoms with van der Waals surface area (Å²) < 4.78 is 5.93. The lowest BCUT2D eigenvalue weighted by Gasteiger charge is -2.15. The number of allylic oxidation sites excluding steroid dienone is 11. The third kappa shape index (κ3) is 38.9. The monoisotopic (exact) mass is 767 g/mol. The van der Waals surface area contributed by atoms with Crippen LogP contribution in [-0.2, 0) is 19.1 Å². The van der Waals surface area contributed by atoms with Crippen LogP contribution in [-0.4, -0.2) is 41.6 Å². The van der Waals surface area contributed by atoms with Crippen LogP contribution in [0.4, 0.5) is 0 Å². The Hall–Kier alpha value is -3.19. The molecule has 2 atom stereocenters. The molecule has 0 spiro atoms. The molecule has 7 nitrogen and oxygen atoms in total. The zero-order valence-electron chi connectivity index (χ0n) is 35.2. The van der Waals surface area contributed by atoms with Crippen LogP contribution < -0.4 is 11.1 Å². The van der Waals surface area contributed by atoms with Crippen molar-refractivity contribution in [1.29, 1.82) is 0 Å². The Bertz CT molecular complexity index is 1090. The van der Waals surface area contributed by atoms with Gasteiger partial charge in [-0.1, -0.05) is 151 Å². The number of aliphatic carboxylic acids is 1. The third-order valence-corrected chi connectivity index (χ3v) is 9.49. The predicted octanol–water partition coefficient (Wildman–Crippen LogP) is 12.7. The van der Waals surface area contributed by atoms with Crippen molar-refractivity contribution in [3.05, 3.63) is 72.9 Å². The number of unbranched alkanes of at least 4 members (excludes halogenated alkanes) is 15. The fourth-order valence-electron chi connectivity index (χ4n) is 6.15. The van der Waals surface area contributed by atoms with Gasteiger partial charge < -0.3 is 20.9 Å². The van der Waals surface area contributed by atoms with E-state index in [0.717, 1.165) is 89.9 Å². The molecule has 1 amide bonds. The number of nitrogens with one attached hydrogen (secondary N) is 1. The lowest BCUT2D eigenvalue weighted by Crippen LogP contribution is -2.40. The lowest BCUT2D eigenvalue weighted by atomic mass is 10.1. The van der Waals surface area contributed by atoms with Crippen LogP contribution in [0.2, 0.25) is 0 Å². The van der Waals surface area contributed by atoms with E-state index in [0.29, 0.717) is 38.6 Å². The normalized spacial score (nSPS) is 13.4. The summed E-state index contributed by atoms with van der Waals surface area (Å²) in [5.41, 5.74) is 5.48. The minimum absolute atomic E-state index is 0.108. The highest BCUT2D eigenvalue weighted by Crippen LogP contribution is 2.15. The second-order valence-electron chi connectivity index (χ2n) is 14.7. The molecule has 0 bridgehead atoms. The number of carboxylic acids is 1. The SMILES string of the molecule is CC/C=C\C/C=C\C/C=C\C/C=C\C/C=C\CCCCCCCC(=O)OC(/C=C\CCCCCCCCC)CCCCCCC(=O)NC(CCCN)C(=O)O. The van der Waals surface area contributed by atoms with E-state index in [2.05, 4.69) is 92.1 Å². The maximum absolute atomic E-state index is 12.8. The number of carboxylic acid groups (broad SMARTS) is 1. The molecule has 0 saturated heterocycles. The van der Waals surface area contributed by atoms with Gasteiger partial charge in [0.05, 0.1) is 0 Å². The summed E-state index contributed by atoms with van der Waals surface area (Å²) in [6.45, 7) is 4.80. The van der Waals surface area contributed by atoms with Crippen molar-refractivity contribution in [2.45, 2.75) is 206 Å². The smallest absolute Gasteiger partial charge is 0.326 e. The Kier molecular flexibility index (Phi) is 39.5. The molecule has 0 rings (SSSR count). The van der Waals surface area contributed by atoms with Crippen LogP contribution in [0.15, 0.2) is 72.9 Å². The first-order chi connectivity index (χ1) is 26.9. The van der Waals surface area contributed by atoms with Gasteiger partial charge in [0, 0.05) is 12.8 Å². The minimum Gasteiger partial charge on any atom is -0.480 e. The maximum Gasteiger partial charge on any atom is 0.326 e. The standard InChI is InChI=1S/C48H82N2O5/c1-3-5-7-9-11-13-14-15-16-17-18-19-20-21-22-23-24-26-28-30-36-42-47(52)55-44(38-33-29-27-25-12-10-8-6-4-2)39-34-31-32-35-41-46(51)50-45(48(53)54)40-37-43-49/h5,7,11,13,15-16,18-19,21-22,33,38,44-45H,3-4,6,8-10,12,14,17,20,23-32,34-37,39-43,49H2,1-2H3,(H,50,51)(H,53,54)/b7-5-,13-11-,16-15-,19-18-,22-21-,38-33-. The van der Waals surface area contributed by atoms with E-state index in [1.165, 1.54) is 57.8 Å². The summed E-state index contributed by atoms with van der Waals surface area (Å²) in [5, 5.41) is 11.9. The molecule has 0 aliphatic heterocycles. The Morgan fingerprint density at radius 2 is 1.05 bits per heavy atom.